The Bertz CT molecular complexity index is 317. The third-order valence-corrected chi connectivity index (χ3v) is 2.06. The molecule has 2 rings (SSSR count). The molecule has 1 unspecified atom stereocenters. The quantitative estimate of drug-likeness (QED) is 0.413. The predicted octanol–water partition coefficient (Wildman–Crippen LogP) is 1.83. The average molecular weight is 191 g/mol. The molecule has 1 atom stereocenters. The minimum absolute atomic E-state index is 0.266. The number of benzene rings is 1. The molecule has 74 valence electrons. The molecule has 1 aliphatic heterocycles. The second-order valence-corrected chi connectivity index (χ2v) is 3.29. The van der Waals surface area contributed by atoms with E-state index in [0.29, 0.717) is 6.61 Å². The van der Waals surface area contributed by atoms with E-state index in [1.807, 2.05) is 37.3 Å². The van der Waals surface area contributed by atoms with Gasteiger partial charge in [0.1, 0.15) is 12.7 Å². The van der Waals surface area contributed by atoms with Crippen molar-refractivity contribution in [3.8, 4) is 0 Å². The standard InChI is InChI=1S/C11H13NO2/c1-9(10-5-3-2-4-6-10)12-14-8-11-7-13-11/h2-6,11H,7-8H2,1H3. The van der Waals surface area contributed by atoms with Crippen LogP contribution in [-0.2, 0) is 9.57 Å². The second kappa shape index (κ2) is 4.24. The van der Waals surface area contributed by atoms with E-state index in [9.17, 15) is 0 Å². The topological polar surface area (TPSA) is 34.1 Å². The van der Waals surface area contributed by atoms with E-state index in [-0.39, 0.29) is 6.10 Å². The van der Waals surface area contributed by atoms with Gasteiger partial charge >= 0.3 is 0 Å². The molecule has 3 heteroatoms. The van der Waals surface area contributed by atoms with Crippen molar-refractivity contribution in [1.82, 2.24) is 0 Å². The Kier molecular flexibility index (Phi) is 2.79. The lowest BCUT2D eigenvalue weighted by atomic mass is 10.1. The van der Waals surface area contributed by atoms with Gasteiger partial charge in [0.05, 0.1) is 12.3 Å². The number of oxime groups is 1. The Morgan fingerprint density at radius 2 is 2.21 bits per heavy atom. The van der Waals surface area contributed by atoms with Crippen LogP contribution in [0, 0.1) is 0 Å². The summed E-state index contributed by atoms with van der Waals surface area (Å²) in [5.74, 6) is 0. The maximum absolute atomic E-state index is 5.14. The maximum atomic E-state index is 5.14. The van der Waals surface area contributed by atoms with Crippen LogP contribution in [0.15, 0.2) is 35.5 Å². The summed E-state index contributed by atoms with van der Waals surface area (Å²) in [6.45, 7) is 3.30. The molecule has 0 saturated carbocycles. The first-order valence-corrected chi connectivity index (χ1v) is 4.70. The average Bonchev–Trinajstić information content (AvgIpc) is 3.03. The molecule has 1 aromatic carbocycles. The highest BCUT2D eigenvalue weighted by Gasteiger charge is 2.23. The number of hydrogen-bond acceptors (Lipinski definition) is 3. The summed E-state index contributed by atoms with van der Waals surface area (Å²) in [6.07, 6.45) is 0.266. The Labute approximate surface area is 83.3 Å². The first-order valence-electron chi connectivity index (χ1n) is 4.70. The third kappa shape index (κ3) is 2.57. The van der Waals surface area contributed by atoms with Crippen LogP contribution in [0.5, 0.6) is 0 Å². The number of rotatable bonds is 4. The highest BCUT2D eigenvalue weighted by atomic mass is 16.7. The molecular formula is C11H13NO2. The van der Waals surface area contributed by atoms with Crippen molar-refractivity contribution in [1.29, 1.82) is 0 Å². The SMILES string of the molecule is CC(=NOCC1CO1)c1ccccc1. The summed E-state index contributed by atoms with van der Waals surface area (Å²) in [5.41, 5.74) is 1.98. The molecule has 3 nitrogen and oxygen atoms in total. The summed E-state index contributed by atoms with van der Waals surface area (Å²) in [4.78, 5) is 5.14. The normalized spacial score (nSPS) is 20.6. The van der Waals surface area contributed by atoms with Gasteiger partial charge in [0.2, 0.25) is 0 Å². The molecular weight excluding hydrogens is 178 g/mol. The van der Waals surface area contributed by atoms with E-state index in [4.69, 9.17) is 9.57 Å². The zero-order chi connectivity index (χ0) is 9.80. The minimum atomic E-state index is 0.266. The van der Waals surface area contributed by atoms with Crippen LogP contribution in [0.4, 0.5) is 0 Å². The number of nitrogens with zero attached hydrogens (tertiary/aromatic N) is 1. The zero-order valence-corrected chi connectivity index (χ0v) is 8.14. The molecule has 0 radical (unpaired) electrons. The first-order chi connectivity index (χ1) is 6.86. The van der Waals surface area contributed by atoms with E-state index in [1.54, 1.807) is 0 Å². The molecule has 0 spiro atoms. The van der Waals surface area contributed by atoms with Gasteiger partial charge in [-0.15, -0.1) is 0 Å². The van der Waals surface area contributed by atoms with Crippen LogP contribution in [-0.4, -0.2) is 25.0 Å². The fraction of sp³-hybridized carbons (Fsp3) is 0.364. The highest BCUT2D eigenvalue weighted by Crippen LogP contribution is 2.09. The molecule has 0 aliphatic carbocycles. The van der Waals surface area contributed by atoms with Gasteiger partial charge in [-0.25, -0.2) is 0 Å². The van der Waals surface area contributed by atoms with Crippen LogP contribution < -0.4 is 0 Å². The predicted molar refractivity (Wildman–Crippen MR) is 54.3 cm³/mol. The van der Waals surface area contributed by atoms with Crippen molar-refractivity contribution in [2.45, 2.75) is 13.0 Å². The third-order valence-electron chi connectivity index (χ3n) is 2.06. The molecule has 14 heavy (non-hydrogen) atoms. The highest BCUT2D eigenvalue weighted by molar-refractivity contribution is 5.98. The molecule has 0 aromatic heterocycles. The molecule has 0 amide bonds. The van der Waals surface area contributed by atoms with Crippen LogP contribution in [0.3, 0.4) is 0 Å². The van der Waals surface area contributed by atoms with Gasteiger partial charge in [0, 0.05) is 0 Å². The fourth-order valence-corrected chi connectivity index (χ4v) is 1.11. The molecule has 1 fully saturated rings. The van der Waals surface area contributed by atoms with Gasteiger partial charge in [-0.1, -0.05) is 35.5 Å². The number of epoxide rings is 1. The summed E-state index contributed by atoms with van der Waals surface area (Å²) >= 11 is 0. The summed E-state index contributed by atoms with van der Waals surface area (Å²) in [5, 5.41) is 4.01. The van der Waals surface area contributed by atoms with E-state index in [1.165, 1.54) is 0 Å². The zero-order valence-electron chi connectivity index (χ0n) is 8.14. The van der Waals surface area contributed by atoms with Gasteiger partial charge in [0.25, 0.3) is 0 Å². The first kappa shape index (κ1) is 9.21. The molecule has 0 N–H and O–H groups in total. The van der Waals surface area contributed by atoms with E-state index in [2.05, 4.69) is 5.16 Å². The van der Waals surface area contributed by atoms with E-state index >= 15 is 0 Å². The van der Waals surface area contributed by atoms with Gasteiger partial charge in [-0.05, 0) is 12.5 Å². The smallest absolute Gasteiger partial charge is 0.145 e. The minimum Gasteiger partial charge on any atom is -0.393 e. The summed E-state index contributed by atoms with van der Waals surface area (Å²) < 4.78 is 5.00. The van der Waals surface area contributed by atoms with Crippen molar-refractivity contribution in [2.75, 3.05) is 13.2 Å². The van der Waals surface area contributed by atoms with Crippen molar-refractivity contribution >= 4 is 5.71 Å². The van der Waals surface area contributed by atoms with E-state index in [0.717, 1.165) is 17.9 Å². The van der Waals surface area contributed by atoms with Crippen LogP contribution >= 0.6 is 0 Å². The largest absolute Gasteiger partial charge is 0.393 e. The monoisotopic (exact) mass is 191 g/mol. The second-order valence-electron chi connectivity index (χ2n) is 3.29. The van der Waals surface area contributed by atoms with Gasteiger partial charge < -0.3 is 9.57 Å². The summed E-state index contributed by atoms with van der Waals surface area (Å²) in [6, 6.07) is 9.97. The maximum Gasteiger partial charge on any atom is 0.145 e. The Morgan fingerprint density at radius 3 is 2.86 bits per heavy atom. The number of ether oxygens (including phenoxy) is 1. The van der Waals surface area contributed by atoms with Gasteiger partial charge in [-0.3, -0.25) is 0 Å². The van der Waals surface area contributed by atoms with Crippen molar-refractivity contribution in [3.05, 3.63) is 35.9 Å². The summed E-state index contributed by atoms with van der Waals surface area (Å²) in [7, 11) is 0. The lowest BCUT2D eigenvalue weighted by Crippen LogP contribution is -2.00. The lowest BCUT2D eigenvalue weighted by Gasteiger charge is -2.00. The van der Waals surface area contributed by atoms with Crippen LogP contribution in [0.2, 0.25) is 0 Å². The molecule has 1 heterocycles. The lowest BCUT2D eigenvalue weighted by molar-refractivity contribution is 0.125. The Morgan fingerprint density at radius 1 is 1.50 bits per heavy atom. The molecule has 0 bridgehead atoms. The Hall–Kier alpha value is -1.35. The Balaban J connectivity index is 1.89. The molecule has 1 saturated heterocycles. The van der Waals surface area contributed by atoms with Gasteiger partial charge in [-0.2, -0.15) is 0 Å². The molecule has 1 aromatic rings. The van der Waals surface area contributed by atoms with E-state index < -0.39 is 0 Å². The van der Waals surface area contributed by atoms with Crippen LogP contribution in [0.25, 0.3) is 0 Å². The van der Waals surface area contributed by atoms with Crippen molar-refractivity contribution in [2.24, 2.45) is 5.16 Å². The van der Waals surface area contributed by atoms with Crippen LogP contribution in [0.1, 0.15) is 12.5 Å². The van der Waals surface area contributed by atoms with Crippen molar-refractivity contribution in [3.63, 3.8) is 0 Å². The van der Waals surface area contributed by atoms with Gasteiger partial charge in [0.15, 0.2) is 0 Å². The fourth-order valence-electron chi connectivity index (χ4n) is 1.11. The van der Waals surface area contributed by atoms with Crippen molar-refractivity contribution < 1.29 is 9.57 Å². The number of hydrogen-bond donors (Lipinski definition) is 0. The molecule has 1 aliphatic rings.